The molecule has 0 N–H and O–H groups in total. The van der Waals surface area contributed by atoms with Gasteiger partial charge in [-0.2, -0.15) is 4.79 Å². The zero-order valence-electron chi connectivity index (χ0n) is 18.1. The fourth-order valence-electron chi connectivity index (χ4n) is 2.95. The van der Waals surface area contributed by atoms with Crippen molar-refractivity contribution < 1.29 is 23.2 Å². The molecule has 0 aliphatic rings. The summed E-state index contributed by atoms with van der Waals surface area (Å²) in [4.78, 5) is 14.4. The van der Waals surface area contributed by atoms with Crippen LogP contribution in [0.1, 0.15) is 104 Å². The van der Waals surface area contributed by atoms with Gasteiger partial charge in [0.2, 0.25) is 5.78 Å². The summed E-state index contributed by atoms with van der Waals surface area (Å²) in [6, 6.07) is 0. The molecule has 0 aromatic carbocycles. The van der Waals surface area contributed by atoms with Gasteiger partial charge in [-0.15, -0.1) is 0 Å². The number of hydrogen-bond donors (Lipinski definition) is 0. The number of hydrogen-bond acceptors (Lipinski definition) is 4. The van der Waals surface area contributed by atoms with Crippen molar-refractivity contribution in [2.24, 2.45) is 0 Å². The molecule has 0 saturated heterocycles. The van der Waals surface area contributed by atoms with Crippen LogP contribution in [0.25, 0.3) is 5.53 Å². The van der Waals surface area contributed by atoms with Crippen LogP contribution in [-0.2, 0) is 18.4 Å². The average Bonchev–Trinajstić information content (AvgIpc) is 2.66. The van der Waals surface area contributed by atoms with E-state index >= 15 is 0 Å². The molecule has 0 heterocycles. The molecule has 6 nitrogen and oxygen atoms in total. The Morgan fingerprint density at radius 2 is 1.18 bits per heavy atom. The molecule has 0 aromatic heterocycles. The van der Waals surface area contributed by atoms with Crippen LogP contribution in [0.4, 0.5) is 0 Å². The largest absolute Gasteiger partial charge is 0.361 e. The van der Waals surface area contributed by atoms with Crippen molar-refractivity contribution in [3.8, 4) is 0 Å². The van der Waals surface area contributed by atoms with E-state index in [-0.39, 0.29) is 6.16 Å². The van der Waals surface area contributed by atoms with E-state index in [0.717, 1.165) is 44.7 Å². The second-order valence-electron chi connectivity index (χ2n) is 7.39. The number of rotatable bonds is 21. The minimum absolute atomic E-state index is 0.325. The highest BCUT2D eigenvalue weighted by atomic mass is 31.2. The monoisotopic (exact) mass is 416 g/mol. The van der Waals surface area contributed by atoms with Crippen molar-refractivity contribution in [2.75, 3.05) is 19.4 Å². The predicted octanol–water partition coefficient (Wildman–Crippen LogP) is 6.58. The summed E-state index contributed by atoms with van der Waals surface area (Å²) >= 11 is 0. The molecule has 0 unspecified atom stereocenters. The summed E-state index contributed by atoms with van der Waals surface area (Å²) in [5.74, 6) is -0.551. The molecule has 0 radical (unpaired) electrons. The van der Waals surface area contributed by atoms with Crippen molar-refractivity contribution in [1.82, 2.24) is 0 Å². The van der Waals surface area contributed by atoms with E-state index in [9.17, 15) is 9.36 Å². The van der Waals surface area contributed by atoms with Gasteiger partial charge in [-0.3, -0.25) is 9.36 Å². The highest BCUT2D eigenvalue weighted by Gasteiger charge is 2.29. The van der Waals surface area contributed by atoms with Gasteiger partial charge >= 0.3 is 13.8 Å². The molecule has 0 aromatic rings. The molecular weight excluding hydrogens is 375 g/mol. The van der Waals surface area contributed by atoms with Gasteiger partial charge in [0.15, 0.2) is 0 Å². The molecular formula is C21H41N2O4P. The van der Waals surface area contributed by atoms with Gasteiger partial charge in [-0.25, -0.2) is 0 Å². The molecule has 0 rings (SSSR count). The summed E-state index contributed by atoms with van der Waals surface area (Å²) in [5, 5.41) is 0. The van der Waals surface area contributed by atoms with Crippen LogP contribution >= 0.6 is 7.60 Å². The first-order valence-electron chi connectivity index (χ1n) is 11.2. The molecule has 0 aliphatic heterocycles. The van der Waals surface area contributed by atoms with Gasteiger partial charge in [-0.1, -0.05) is 90.9 Å². The molecule has 0 amide bonds. The summed E-state index contributed by atoms with van der Waals surface area (Å²) in [5.41, 5.74) is 8.48. The number of Topliss-reactive ketones (excluding diaryl/α,β-unsaturated/α-hetero) is 1. The number of nitrogens with zero attached hydrogens (tertiary/aromatic N) is 2. The van der Waals surface area contributed by atoms with Crippen molar-refractivity contribution in [3.05, 3.63) is 5.53 Å². The standard InChI is InChI=1S/C21H41N2O4P/c1-3-5-7-9-11-13-15-17-26-28(25,20-21(24)19-23-22)27-18-16-14-12-10-8-6-4-2/h19H,3-18,20H2,1-2H3. The Hall–Kier alpha value is -0.800. The topological polar surface area (TPSA) is 89.0 Å². The summed E-state index contributed by atoms with van der Waals surface area (Å²) < 4.78 is 23.8. The maximum Gasteiger partial charge on any atom is 0.338 e. The van der Waals surface area contributed by atoms with E-state index in [4.69, 9.17) is 14.6 Å². The SMILES string of the molecule is CCCCCCCCCOP(=O)(CC(=O)C=[N+]=[N-])OCCCCCCCCC. The average molecular weight is 417 g/mol. The van der Waals surface area contributed by atoms with Gasteiger partial charge in [0.1, 0.15) is 6.16 Å². The third-order valence-corrected chi connectivity index (χ3v) is 6.47. The smallest absolute Gasteiger partial charge is 0.338 e. The maximum atomic E-state index is 12.8. The summed E-state index contributed by atoms with van der Waals surface area (Å²) in [6.07, 6.45) is 16.3. The highest BCUT2D eigenvalue weighted by molar-refractivity contribution is 7.55. The Labute approximate surface area is 171 Å². The van der Waals surface area contributed by atoms with Gasteiger partial charge in [0.25, 0.3) is 0 Å². The lowest BCUT2D eigenvalue weighted by atomic mass is 10.1. The van der Waals surface area contributed by atoms with Crippen molar-refractivity contribution in [3.63, 3.8) is 0 Å². The van der Waals surface area contributed by atoms with Crippen molar-refractivity contribution >= 4 is 19.6 Å². The van der Waals surface area contributed by atoms with E-state index in [1.165, 1.54) is 51.4 Å². The van der Waals surface area contributed by atoms with Crippen molar-refractivity contribution in [1.29, 1.82) is 0 Å². The van der Waals surface area contributed by atoms with E-state index < -0.39 is 13.4 Å². The second kappa shape index (κ2) is 19.5. The van der Waals surface area contributed by atoms with E-state index in [1.807, 2.05) is 0 Å². The second-order valence-corrected chi connectivity index (χ2v) is 9.44. The van der Waals surface area contributed by atoms with Crippen molar-refractivity contribution in [2.45, 2.75) is 104 Å². The maximum absolute atomic E-state index is 12.8. The Morgan fingerprint density at radius 1 is 0.786 bits per heavy atom. The predicted molar refractivity (Wildman–Crippen MR) is 115 cm³/mol. The zero-order chi connectivity index (χ0) is 20.9. The molecule has 0 aliphatic carbocycles. The number of carbonyl (C=O) groups is 1. The first kappa shape index (κ1) is 27.2. The summed E-state index contributed by atoms with van der Waals surface area (Å²) in [7, 11) is -3.49. The van der Waals surface area contributed by atoms with Crippen LogP contribution < -0.4 is 0 Å². The summed E-state index contributed by atoms with van der Waals surface area (Å²) in [6.45, 7) is 5.04. The first-order valence-corrected chi connectivity index (χ1v) is 12.9. The Kier molecular flexibility index (Phi) is 19.0. The Morgan fingerprint density at radius 3 is 1.57 bits per heavy atom. The van der Waals surface area contributed by atoms with Crippen LogP contribution in [0.3, 0.4) is 0 Å². The van der Waals surface area contributed by atoms with Gasteiger partial charge < -0.3 is 14.6 Å². The fraction of sp³-hybridized carbons (Fsp3) is 0.905. The normalized spacial score (nSPS) is 11.4. The van der Waals surface area contributed by atoms with Gasteiger partial charge in [0.05, 0.1) is 13.2 Å². The molecule has 28 heavy (non-hydrogen) atoms. The van der Waals surface area contributed by atoms with Crippen LogP contribution in [0.5, 0.6) is 0 Å². The first-order chi connectivity index (χ1) is 13.6. The highest BCUT2D eigenvalue weighted by Crippen LogP contribution is 2.48. The van der Waals surface area contributed by atoms with Gasteiger partial charge in [-0.05, 0) is 12.8 Å². The molecule has 164 valence electrons. The number of unbranched alkanes of at least 4 members (excludes halogenated alkanes) is 12. The fourth-order valence-corrected chi connectivity index (χ4v) is 4.49. The zero-order valence-corrected chi connectivity index (χ0v) is 19.0. The molecule has 0 atom stereocenters. The van der Waals surface area contributed by atoms with Crippen LogP contribution in [0.15, 0.2) is 0 Å². The minimum Gasteiger partial charge on any atom is -0.361 e. The molecule has 0 fully saturated rings. The number of carbonyl (C=O) groups excluding carboxylic acids is 1. The molecule has 0 saturated carbocycles. The molecule has 7 heteroatoms. The molecule has 0 spiro atoms. The molecule has 0 bridgehead atoms. The lowest BCUT2D eigenvalue weighted by molar-refractivity contribution is -0.114. The van der Waals surface area contributed by atoms with Crippen LogP contribution in [0, 0.1) is 0 Å². The Bertz CT molecular complexity index is 455. The Balaban J connectivity index is 4.13. The number of ketones is 1. The van der Waals surface area contributed by atoms with E-state index in [0.29, 0.717) is 13.2 Å². The lowest BCUT2D eigenvalue weighted by Gasteiger charge is -2.17. The van der Waals surface area contributed by atoms with E-state index in [2.05, 4.69) is 18.6 Å². The third kappa shape index (κ3) is 17.3. The van der Waals surface area contributed by atoms with Crippen LogP contribution in [0.2, 0.25) is 0 Å². The lowest BCUT2D eigenvalue weighted by Crippen LogP contribution is -2.12. The quantitative estimate of drug-likeness (QED) is 0.0694. The third-order valence-electron chi connectivity index (χ3n) is 4.62. The van der Waals surface area contributed by atoms with Gasteiger partial charge in [0, 0.05) is 0 Å². The van der Waals surface area contributed by atoms with Crippen LogP contribution in [-0.4, -0.2) is 36.2 Å². The van der Waals surface area contributed by atoms with E-state index in [1.54, 1.807) is 0 Å². The minimum atomic E-state index is -3.49.